The fraction of sp³-hybridized carbons (Fsp3) is 0.318. The normalized spacial score (nSPS) is 10.9. The number of hydrogen-bond donors (Lipinski definition) is 1. The van der Waals surface area contributed by atoms with Crippen LogP contribution in [0, 0.1) is 0 Å². The van der Waals surface area contributed by atoms with Gasteiger partial charge in [-0.2, -0.15) is 0 Å². The number of carbonyl (C=O) groups excluding carboxylic acids is 1. The van der Waals surface area contributed by atoms with E-state index in [1.165, 1.54) is 11.8 Å². The van der Waals surface area contributed by atoms with Gasteiger partial charge in [-0.3, -0.25) is 4.79 Å². The van der Waals surface area contributed by atoms with Gasteiger partial charge in [-0.05, 0) is 42.7 Å². The molecule has 9 heteroatoms. The minimum absolute atomic E-state index is 0.0512. The van der Waals surface area contributed by atoms with Crippen LogP contribution in [0.3, 0.4) is 0 Å². The maximum Gasteiger partial charge on any atom is 0.230 e. The van der Waals surface area contributed by atoms with Gasteiger partial charge >= 0.3 is 0 Å². The van der Waals surface area contributed by atoms with Crippen LogP contribution in [0.1, 0.15) is 12.0 Å². The summed E-state index contributed by atoms with van der Waals surface area (Å²) in [6.07, 6.45) is 1.55. The molecule has 1 heterocycles. The number of methoxy groups -OCH3 is 1. The zero-order valence-electron chi connectivity index (χ0n) is 17.2. The Morgan fingerprint density at radius 1 is 1.13 bits per heavy atom. The van der Waals surface area contributed by atoms with Crippen molar-refractivity contribution in [2.75, 3.05) is 26.0 Å². The van der Waals surface area contributed by atoms with E-state index in [-0.39, 0.29) is 11.7 Å². The average molecular weight is 479 g/mol. The highest BCUT2D eigenvalue weighted by atomic mass is 35.5. The number of amides is 1. The third kappa shape index (κ3) is 6.97. The monoisotopic (exact) mass is 478 g/mol. The molecule has 6 nitrogen and oxygen atoms in total. The second-order valence-electron chi connectivity index (χ2n) is 6.80. The lowest BCUT2D eigenvalue weighted by molar-refractivity contribution is -0.118. The van der Waals surface area contributed by atoms with Crippen molar-refractivity contribution in [3.63, 3.8) is 0 Å². The first kappa shape index (κ1) is 23.6. The topological polar surface area (TPSA) is 69.0 Å². The highest BCUT2D eigenvalue weighted by Crippen LogP contribution is 2.29. The van der Waals surface area contributed by atoms with Gasteiger partial charge in [0, 0.05) is 37.4 Å². The van der Waals surface area contributed by atoms with Crippen LogP contribution in [0.25, 0.3) is 11.4 Å². The third-order valence-electron chi connectivity index (χ3n) is 4.54. The van der Waals surface area contributed by atoms with Gasteiger partial charge in [0.2, 0.25) is 5.91 Å². The minimum atomic E-state index is -0.0512. The maximum absolute atomic E-state index is 12.3. The van der Waals surface area contributed by atoms with E-state index in [9.17, 15) is 4.79 Å². The van der Waals surface area contributed by atoms with Gasteiger partial charge in [0.15, 0.2) is 11.0 Å². The fourth-order valence-electron chi connectivity index (χ4n) is 2.98. The number of rotatable bonds is 11. The largest absolute Gasteiger partial charge is 0.385 e. The second kappa shape index (κ2) is 12.1. The zero-order valence-corrected chi connectivity index (χ0v) is 19.5. The first-order valence-electron chi connectivity index (χ1n) is 9.89. The van der Waals surface area contributed by atoms with E-state index in [0.29, 0.717) is 40.7 Å². The highest BCUT2D eigenvalue weighted by molar-refractivity contribution is 7.99. The SMILES string of the molecule is COCCCn1c(SCC(=O)NCCc2ccc(Cl)cc2)nnc1-c1ccccc1Cl. The molecule has 0 fully saturated rings. The molecular formula is C22H24Cl2N4O2S. The van der Waals surface area contributed by atoms with Crippen LogP contribution in [-0.4, -0.2) is 46.7 Å². The molecule has 0 aliphatic heterocycles. The molecule has 2 aromatic carbocycles. The summed E-state index contributed by atoms with van der Waals surface area (Å²) in [5, 5.41) is 13.6. The van der Waals surface area contributed by atoms with Crippen LogP contribution in [-0.2, 0) is 22.5 Å². The van der Waals surface area contributed by atoms with Gasteiger partial charge in [-0.1, -0.05) is 59.2 Å². The van der Waals surface area contributed by atoms with E-state index >= 15 is 0 Å². The number of nitrogens with zero attached hydrogens (tertiary/aromatic N) is 3. The summed E-state index contributed by atoms with van der Waals surface area (Å²) in [4.78, 5) is 12.3. The molecule has 3 aromatic rings. The molecule has 0 spiro atoms. The quantitative estimate of drug-likeness (QED) is 0.318. The molecule has 0 aliphatic carbocycles. The van der Waals surface area contributed by atoms with Crippen LogP contribution in [0.5, 0.6) is 0 Å². The Labute approximate surface area is 196 Å². The van der Waals surface area contributed by atoms with Crippen molar-refractivity contribution in [3.05, 3.63) is 64.1 Å². The van der Waals surface area contributed by atoms with Crippen LogP contribution in [0.4, 0.5) is 0 Å². The van der Waals surface area contributed by atoms with E-state index in [1.54, 1.807) is 7.11 Å². The number of aromatic nitrogens is 3. The summed E-state index contributed by atoms with van der Waals surface area (Å²) in [6.45, 7) is 1.85. The van der Waals surface area contributed by atoms with E-state index in [4.69, 9.17) is 27.9 Å². The maximum atomic E-state index is 12.3. The van der Waals surface area contributed by atoms with Crippen molar-refractivity contribution in [1.82, 2.24) is 20.1 Å². The fourth-order valence-corrected chi connectivity index (χ4v) is 4.12. The highest BCUT2D eigenvalue weighted by Gasteiger charge is 2.17. The van der Waals surface area contributed by atoms with E-state index in [1.807, 2.05) is 53.1 Å². The van der Waals surface area contributed by atoms with Crippen molar-refractivity contribution in [2.24, 2.45) is 0 Å². The van der Waals surface area contributed by atoms with Gasteiger partial charge in [0.05, 0.1) is 10.8 Å². The summed E-state index contributed by atoms with van der Waals surface area (Å²) in [5.41, 5.74) is 1.94. The number of benzene rings is 2. The van der Waals surface area contributed by atoms with Crippen LogP contribution >= 0.6 is 35.0 Å². The molecule has 0 radical (unpaired) electrons. The molecule has 1 N–H and O–H groups in total. The first-order valence-corrected chi connectivity index (χ1v) is 11.6. The number of thioether (sulfide) groups is 1. The van der Waals surface area contributed by atoms with Gasteiger partial charge < -0.3 is 14.6 Å². The summed E-state index contributed by atoms with van der Waals surface area (Å²) < 4.78 is 7.17. The van der Waals surface area contributed by atoms with Crippen molar-refractivity contribution >= 4 is 40.9 Å². The Balaban J connectivity index is 1.60. The molecule has 0 saturated heterocycles. The van der Waals surface area contributed by atoms with Crippen molar-refractivity contribution < 1.29 is 9.53 Å². The van der Waals surface area contributed by atoms with E-state index in [2.05, 4.69) is 15.5 Å². The lowest BCUT2D eigenvalue weighted by Gasteiger charge is -2.11. The molecule has 1 aromatic heterocycles. The second-order valence-corrected chi connectivity index (χ2v) is 8.59. The Bertz CT molecular complexity index is 995. The summed E-state index contributed by atoms with van der Waals surface area (Å²) in [5.74, 6) is 0.892. The molecule has 0 unspecified atom stereocenters. The zero-order chi connectivity index (χ0) is 22.1. The number of hydrogen-bond acceptors (Lipinski definition) is 5. The Morgan fingerprint density at radius 2 is 1.90 bits per heavy atom. The number of carbonyl (C=O) groups is 1. The lowest BCUT2D eigenvalue weighted by Crippen LogP contribution is -2.27. The third-order valence-corrected chi connectivity index (χ3v) is 6.09. The summed E-state index contributed by atoms with van der Waals surface area (Å²) in [7, 11) is 1.67. The smallest absolute Gasteiger partial charge is 0.230 e. The van der Waals surface area contributed by atoms with Crippen LogP contribution in [0.2, 0.25) is 10.0 Å². The standard InChI is InChI=1S/C22H24Cl2N4O2S/c1-30-14-4-13-28-21(18-5-2-3-6-19(18)24)26-27-22(28)31-15-20(29)25-12-11-16-7-9-17(23)10-8-16/h2-3,5-10H,4,11-15H2,1H3,(H,25,29). The molecule has 164 valence electrons. The molecular weight excluding hydrogens is 455 g/mol. The predicted octanol–water partition coefficient (Wildman–Crippen LogP) is 4.74. The van der Waals surface area contributed by atoms with Crippen molar-refractivity contribution in [2.45, 2.75) is 24.5 Å². The van der Waals surface area contributed by atoms with Crippen LogP contribution < -0.4 is 5.32 Å². The molecule has 0 saturated carbocycles. The van der Waals surface area contributed by atoms with Gasteiger partial charge in [0.1, 0.15) is 0 Å². The summed E-state index contributed by atoms with van der Waals surface area (Å²) >= 11 is 13.6. The van der Waals surface area contributed by atoms with E-state index < -0.39 is 0 Å². The molecule has 3 rings (SSSR count). The number of halogens is 2. The van der Waals surface area contributed by atoms with Gasteiger partial charge in [-0.15, -0.1) is 10.2 Å². The van der Waals surface area contributed by atoms with Crippen molar-refractivity contribution in [3.8, 4) is 11.4 Å². The molecule has 0 aliphatic rings. The minimum Gasteiger partial charge on any atom is -0.385 e. The summed E-state index contributed by atoms with van der Waals surface area (Å²) in [6, 6.07) is 15.1. The molecule has 0 atom stereocenters. The van der Waals surface area contributed by atoms with Crippen LogP contribution in [0.15, 0.2) is 53.7 Å². The van der Waals surface area contributed by atoms with E-state index in [0.717, 1.165) is 24.0 Å². The molecule has 31 heavy (non-hydrogen) atoms. The average Bonchev–Trinajstić information content (AvgIpc) is 3.17. The Kier molecular flexibility index (Phi) is 9.21. The number of ether oxygens (including phenoxy) is 1. The number of nitrogens with one attached hydrogen (secondary N) is 1. The molecule has 0 bridgehead atoms. The predicted molar refractivity (Wildman–Crippen MR) is 126 cm³/mol. The Morgan fingerprint density at radius 3 is 2.65 bits per heavy atom. The van der Waals surface area contributed by atoms with Crippen molar-refractivity contribution in [1.29, 1.82) is 0 Å². The van der Waals surface area contributed by atoms with Gasteiger partial charge in [0.25, 0.3) is 0 Å². The van der Waals surface area contributed by atoms with Gasteiger partial charge in [-0.25, -0.2) is 0 Å². The molecule has 1 amide bonds. The first-order chi connectivity index (χ1) is 15.1. The Hall–Kier alpha value is -2.06. The lowest BCUT2D eigenvalue weighted by atomic mass is 10.1.